The third-order valence-electron chi connectivity index (χ3n) is 6.22. The molecule has 1 aliphatic carbocycles. The molecule has 8 heteroatoms. The Morgan fingerprint density at radius 1 is 1.09 bits per heavy atom. The summed E-state index contributed by atoms with van der Waals surface area (Å²) in [5.41, 5.74) is 11.1. The maximum Gasteiger partial charge on any atom is 0.241 e. The summed E-state index contributed by atoms with van der Waals surface area (Å²) in [6.45, 7) is -0.179. The van der Waals surface area contributed by atoms with E-state index < -0.39 is 10.8 Å². The highest BCUT2D eigenvalue weighted by Crippen LogP contribution is 2.54. The molecule has 1 aliphatic heterocycles. The lowest BCUT2D eigenvalue weighted by molar-refractivity contribution is 0.253. The third kappa shape index (κ3) is 3.49. The van der Waals surface area contributed by atoms with E-state index in [9.17, 15) is 14.4 Å². The molecule has 164 valence electrons. The number of hydrogen-bond donors (Lipinski definition) is 3. The monoisotopic (exact) mass is 448 g/mol. The van der Waals surface area contributed by atoms with Crippen LogP contribution in [0.1, 0.15) is 24.8 Å². The first-order valence-corrected chi connectivity index (χ1v) is 12.1. The molecule has 2 aromatic carbocycles. The Bertz CT molecular complexity index is 1190. The number of nitriles is 1. The molecule has 2 aliphatic rings. The van der Waals surface area contributed by atoms with Crippen LogP contribution in [0, 0.1) is 11.3 Å². The van der Waals surface area contributed by atoms with E-state index in [1.807, 2.05) is 54.6 Å². The van der Waals surface area contributed by atoms with Crippen molar-refractivity contribution < 1.29 is 13.8 Å². The molecule has 1 aromatic heterocycles. The first kappa shape index (κ1) is 20.8. The van der Waals surface area contributed by atoms with Gasteiger partial charge in [-0.25, -0.2) is 9.29 Å². The highest BCUT2D eigenvalue weighted by Gasteiger charge is 2.35. The molecule has 5 rings (SSSR count). The first-order valence-electron chi connectivity index (χ1n) is 10.4. The molecule has 4 N–H and O–H groups in total. The van der Waals surface area contributed by atoms with Gasteiger partial charge in [0.25, 0.3) is 0 Å². The molecule has 2 heterocycles. The van der Waals surface area contributed by atoms with Crippen LogP contribution < -0.4 is 14.8 Å². The average Bonchev–Trinajstić information content (AvgIpc) is 2.79. The second-order valence-electron chi connectivity index (χ2n) is 8.25. The molecule has 32 heavy (non-hydrogen) atoms. The van der Waals surface area contributed by atoms with E-state index in [-0.39, 0.29) is 23.9 Å². The predicted octanol–water partition coefficient (Wildman–Crippen LogP) is 5.10. The fourth-order valence-electron chi connectivity index (χ4n) is 4.24. The summed E-state index contributed by atoms with van der Waals surface area (Å²) in [4.78, 5) is 4.77. The molecular formula is C24H24N4O3S. The minimum absolute atomic E-state index is 0.179. The number of benzene rings is 2. The fraction of sp³-hybridized carbons (Fsp3) is 0.250. The van der Waals surface area contributed by atoms with E-state index >= 15 is 0 Å². The van der Waals surface area contributed by atoms with Crippen LogP contribution in [0.3, 0.4) is 0 Å². The van der Waals surface area contributed by atoms with Crippen LogP contribution in [0.25, 0.3) is 22.4 Å². The SMILES string of the molecule is N#CCN1c2cc(-c3ccccc3)c(-c3ccc(C4(N)CCC4)cc3)nc2OCS1(O)O. The van der Waals surface area contributed by atoms with Gasteiger partial charge in [0.1, 0.15) is 12.2 Å². The zero-order chi connectivity index (χ0) is 22.3. The summed E-state index contributed by atoms with van der Waals surface area (Å²) in [5, 5.41) is 9.24. The van der Waals surface area contributed by atoms with Crippen molar-refractivity contribution in [3.8, 4) is 34.3 Å². The summed E-state index contributed by atoms with van der Waals surface area (Å²) in [5.74, 6) is -0.0486. The van der Waals surface area contributed by atoms with Gasteiger partial charge < -0.3 is 10.5 Å². The number of nitrogens with two attached hydrogens (primary N) is 1. The Balaban J connectivity index is 1.65. The zero-order valence-electron chi connectivity index (χ0n) is 17.4. The van der Waals surface area contributed by atoms with Gasteiger partial charge in [-0.1, -0.05) is 65.4 Å². The number of rotatable bonds is 4. The van der Waals surface area contributed by atoms with Gasteiger partial charge in [0.05, 0.1) is 11.8 Å². The molecule has 0 amide bonds. The normalized spacial score (nSPS) is 19.1. The van der Waals surface area contributed by atoms with Crippen LogP contribution in [0.5, 0.6) is 5.88 Å². The van der Waals surface area contributed by atoms with E-state index in [4.69, 9.17) is 15.5 Å². The predicted molar refractivity (Wildman–Crippen MR) is 126 cm³/mol. The number of ether oxygens (including phenoxy) is 1. The number of hydrogen-bond acceptors (Lipinski definition) is 7. The molecule has 0 bridgehead atoms. The molecule has 1 saturated carbocycles. The van der Waals surface area contributed by atoms with Crippen molar-refractivity contribution in [3.05, 3.63) is 66.2 Å². The van der Waals surface area contributed by atoms with E-state index in [1.54, 1.807) is 0 Å². The Morgan fingerprint density at radius 3 is 2.44 bits per heavy atom. The molecule has 0 atom stereocenters. The number of anilines is 1. The smallest absolute Gasteiger partial charge is 0.241 e. The van der Waals surface area contributed by atoms with Crippen molar-refractivity contribution in [2.24, 2.45) is 5.73 Å². The number of fused-ring (bicyclic) bond motifs is 1. The number of nitrogens with zero attached hydrogens (tertiary/aromatic N) is 3. The topological polar surface area (TPSA) is 116 Å². The van der Waals surface area contributed by atoms with E-state index in [2.05, 4.69) is 12.1 Å². The van der Waals surface area contributed by atoms with Crippen molar-refractivity contribution in [1.29, 1.82) is 5.26 Å². The van der Waals surface area contributed by atoms with Crippen LogP contribution in [0.4, 0.5) is 5.69 Å². The van der Waals surface area contributed by atoms with Crippen LogP contribution >= 0.6 is 10.8 Å². The second kappa shape index (κ2) is 7.80. The third-order valence-corrected chi connectivity index (χ3v) is 7.69. The molecule has 0 saturated heterocycles. The molecule has 0 spiro atoms. The summed E-state index contributed by atoms with van der Waals surface area (Å²) < 4.78 is 27.8. The average molecular weight is 449 g/mol. The van der Waals surface area contributed by atoms with E-state index in [0.717, 1.165) is 47.2 Å². The van der Waals surface area contributed by atoms with Crippen molar-refractivity contribution in [2.45, 2.75) is 24.8 Å². The van der Waals surface area contributed by atoms with Crippen molar-refractivity contribution >= 4 is 16.5 Å². The number of pyridine rings is 1. The summed E-state index contributed by atoms with van der Waals surface area (Å²) in [6.07, 6.45) is 3.14. The van der Waals surface area contributed by atoms with Crippen LogP contribution in [-0.2, 0) is 5.54 Å². The van der Waals surface area contributed by atoms with Crippen molar-refractivity contribution in [1.82, 2.24) is 4.98 Å². The van der Waals surface area contributed by atoms with Gasteiger partial charge in [0.15, 0.2) is 5.94 Å². The van der Waals surface area contributed by atoms with Crippen LogP contribution in [0.15, 0.2) is 60.7 Å². The lowest BCUT2D eigenvalue weighted by Crippen LogP contribution is -2.43. The maximum absolute atomic E-state index is 10.4. The largest absolute Gasteiger partial charge is 0.453 e. The van der Waals surface area contributed by atoms with E-state index in [1.165, 1.54) is 4.31 Å². The Kier molecular flexibility index (Phi) is 5.07. The summed E-state index contributed by atoms with van der Waals surface area (Å²) >= 11 is 0. The minimum atomic E-state index is -3.26. The van der Waals surface area contributed by atoms with Gasteiger partial charge in [-0.05, 0) is 36.5 Å². The molecule has 1 fully saturated rings. The highest BCUT2D eigenvalue weighted by molar-refractivity contribution is 8.25. The lowest BCUT2D eigenvalue weighted by atomic mass is 9.72. The van der Waals surface area contributed by atoms with Gasteiger partial charge in [0.2, 0.25) is 5.88 Å². The van der Waals surface area contributed by atoms with Crippen molar-refractivity contribution in [2.75, 3.05) is 16.8 Å². The van der Waals surface area contributed by atoms with Gasteiger partial charge in [-0.3, -0.25) is 9.11 Å². The molecule has 7 nitrogen and oxygen atoms in total. The lowest BCUT2D eigenvalue weighted by Gasteiger charge is -2.45. The van der Waals surface area contributed by atoms with Crippen LogP contribution in [0.2, 0.25) is 0 Å². The first-order chi connectivity index (χ1) is 15.4. The van der Waals surface area contributed by atoms with Crippen molar-refractivity contribution in [3.63, 3.8) is 0 Å². The van der Waals surface area contributed by atoms with Gasteiger partial charge in [-0.2, -0.15) is 5.26 Å². The van der Waals surface area contributed by atoms with Gasteiger partial charge in [0, 0.05) is 16.7 Å². The summed E-state index contributed by atoms with van der Waals surface area (Å²) in [6, 6.07) is 21.7. The quantitative estimate of drug-likeness (QED) is 0.476. The molecule has 0 radical (unpaired) electrons. The fourth-order valence-corrected chi connectivity index (χ4v) is 5.35. The molecular weight excluding hydrogens is 424 g/mol. The van der Waals surface area contributed by atoms with Gasteiger partial charge in [-0.15, -0.1) is 0 Å². The number of aromatic nitrogens is 1. The second-order valence-corrected chi connectivity index (χ2v) is 10.2. The zero-order valence-corrected chi connectivity index (χ0v) is 18.3. The summed E-state index contributed by atoms with van der Waals surface area (Å²) in [7, 11) is -3.26. The van der Waals surface area contributed by atoms with E-state index in [0.29, 0.717) is 5.69 Å². The maximum atomic E-state index is 10.4. The Hall–Kier alpha value is -3.09. The molecule has 0 unspecified atom stereocenters. The highest BCUT2D eigenvalue weighted by atomic mass is 32.3. The van der Waals surface area contributed by atoms with Gasteiger partial charge >= 0.3 is 0 Å². The van der Waals surface area contributed by atoms with Crippen LogP contribution in [-0.4, -0.2) is 26.6 Å². The Labute approximate surface area is 188 Å². The Morgan fingerprint density at radius 2 is 1.81 bits per heavy atom. The molecule has 3 aromatic rings. The minimum Gasteiger partial charge on any atom is -0.453 e. The standard InChI is InChI=1S/C24H24N4O3S/c25-13-14-28-21-15-20(17-5-2-1-3-6-17)22(27-23(21)31-16-32(28,29)30)18-7-9-19(10-8-18)24(26)11-4-12-24/h1-3,5-10,15,29-30H,4,11-12,14,16,26H2.